The molecule has 1 aliphatic heterocycles. The second-order valence-electron chi connectivity index (χ2n) is 5.36. The molecule has 2 aromatic carbocycles. The summed E-state index contributed by atoms with van der Waals surface area (Å²) in [5, 5.41) is 2.85. The van der Waals surface area contributed by atoms with Crippen molar-refractivity contribution in [1.82, 2.24) is 5.32 Å². The molecule has 124 valence electrons. The summed E-state index contributed by atoms with van der Waals surface area (Å²) in [5.41, 5.74) is 1.75. The number of fused-ring (bicyclic) bond motifs is 1. The van der Waals surface area contributed by atoms with E-state index in [1.807, 2.05) is 48.5 Å². The minimum atomic E-state index is -0.187. The molecule has 2 amide bonds. The van der Waals surface area contributed by atoms with Gasteiger partial charge in [0.15, 0.2) is 0 Å². The largest absolute Gasteiger partial charge is 0.497 e. The minimum absolute atomic E-state index is 0.0281. The van der Waals surface area contributed by atoms with Gasteiger partial charge in [-0.3, -0.25) is 9.59 Å². The Bertz CT molecular complexity index is 763. The lowest BCUT2D eigenvalue weighted by Gasteiger charge is -2.28. The third kappa shape index (κ3) is 3.71. The fraction of sp³-hybridized carbons (Fsp3) is 0.222. The summed E-state index contributed by atoms with van der Waals surface area (Å²) in [7, 11) is 1.61. The molecule has 0 unspecified atom stereocenters. The zero-order chi connectivity index (χ0) is 16.9. The molecular weight excluding hydrogens is 324 g/mol. The molecule has 2 aromatic rings. The number of rotatable bonds is 5. The molecule has 0 aliphatic carbocycles. The number of hydrogen-bond donors (Lipinski definition) is 1. The number of anilines is 1. The Hall–Kier alpha value is -2.47. The van der Waals surface area contributed by atoms with E-state index in [9.17, 15) is 9.59 Å². The standard InChI is InChI=1S/C18H18N2O3S/c1-23-14-6-4-5-13(9-14)10-19-17(21)11-20-15-7-2-3-8-16(15)24-12-18(20)22/h2-9H,10-12H2,1H3,(H,19,21). The fourth-order valence-corrected chi connectivity index (χ4v) is 3.45. The van der Waals surface area contributed by atoms with Crippen LogP contribution in [-0.2, 0) is 16.1 Å². The number of hydrogen-bond acceptors (Lipinski definition) is 4. The van der Waals surface area contributed by atoms with E-state index in [2.05, 4.69) is 5.32 Å². The summed E-state index contributed by atoms with van der Waals surface area (Å²) in [6, 6.07) is 15.2. The molecule has 0 spiro atoms. The first-order valence-electron chi connectivity index (χ1n) is 7.59. The second-order valence-corrected chi connectivity index (χ2v) is 6.38. The predicted octanol–water partition coefficient (Wildman–Crippen LogP) is 2.45. The van der Waals surface area contributed by atoms with Crippen LogP contribution in [-0.4, -0.2) is 31.2 Å². The van der Waals surface area contributed by atoms with Crippen LogP contribution in [0.4, 0.5) is 5.69 Å². The second kappa shape index (κ2) is 7.40. The lowest BCUT2D eigenvalue weighted by Crippen LogP contribution is -2.43. The first-order chi connectivity index (χ1) is 11.7. The topological polar surface area (TPSA) is 58.6 Å². The quantitative estimate of drug-likeness (QED) is 0.907. The average molecular weight is 342 g/mol. The van der Waals surface area contributed by atoms with Crippen molar-refractivity contribution in [3.63, 3.8) is 0 Å². The Labute approximate surface area is 145 Å². The molecule has 0 atom stereocenters. The highest BCUT2D eigenvalue weighted by atomic mass is 32.2. The first kappa shape index (κ1) is 16.4. The average Bonchev–Trinajstić information content (AvgIpc) is 2.62. The number of methoxy groups -OCH3 is 1. The highest BCUT2D eigenvalue weighted by Crippen LogP contribution is 2.34. The van der Waals surface area contributed by atoms with Crippen LogP contribution in [0.2, 0.25) is 0 Å². The number of thioether (sulfide) groups is 1. The van der Waals surface area contributed by atoms with Gasteiger partial charge in [-0.2, -0.15) is 0 Å². The highest BCUT2D eigenvalue weighted by Gasteiger charge is 2.25. The highest BCUT2D eigenvalue weighted by molar-refractivity contribution is 8.00. The molecule has 0 saturated heterocycles. The first-order valence-corrected chi connectivity index (χ1v) is 8.58. The molecule has 1 N–H and O–H groups in total. The Morgan fingerprint density at radius 3 is 2.92 bits per heavy atom. The van der Waals surface area contributed by atoms with E-state index in [-0.39, 0.29) is 18.4 Å². The molecular formula is C18H18N2O3S. The molecule has 6 heteroatoms. The summed E-state index contributed by atoms with van der Waals surface area (Å²) >= 11 is 1.51. The van der Waals surface area contributed by atoms with Gasteiger partial charge < -0.3 is 15.0 Å². The van der Waals surface area contributed by atoms with Crippen LogP contribution in [0.25, 0.3) is 0 Å². The number of carbonyl (C=O) groups is 2. The molecule has 0 fully saturated rings. The number of ether oxygens (including phenoxy) is 1. The number of amides is 2. The van der Waals surface area contributed by atoms with E-state index in [4.69, 9.17) is 4.74 Å². The zero-order valence-corrected chi connectivity index (χ0v) is 14.1. The third-order valence-electron chi connectivity index (χ3n) is 3.73. The van der Waals surface area contributed by atoms with Gasteiger partial charge in [0, 0.05) is 11.4 Å². The molecule has 24 heavy (non-hydrogen) atoms. The van der Waals surface area contributed by atoms with Crippen LogP contribution >= 0.6 is 11.8 Å². The summed E-state index contributed by atoms with van der Waals surface area (Å²) in [4.78, 5) is 27.0. The monoisotopic (exact) mass is 342 g/mol. The Balaban J connectivity index is 1.63. The summed E-state index contributed by atoms with van der Waals surface area (Å²) < 4.78 is 5.17. The van der Waals surface area contributed by atoms with Crippen molar-refractivity contribution in [2.75, 3.05) is 24.3 Å². The lowest BCUT2D eigenvalue weighted by molar-refractivity contribution is -0.123. The van der Waals surface area contributed by atoms with Gasteiger partial charge in [-0.1, -0.05) is 24.3 Å². The van der Waals surface area contributed by atoms with E-state index in [0.29, 0.717) is 12.3 Å². The number of nitrogens with zero attached hydrogens (tertiary/aromatic N) is 1. The van der Waals surface area contributed by atoms with Crippen LogP contribution in [0.5, 0.6) is 5.75 Å². The Kier molecular flexibility index (Phi) is 5.05. The van der Waals surface area contributed by atoms with Gasteiger partial charge in [-0.15, -0.1) is 11.8 Å². The van der Waals surface area contributed by atoms with Gasteiger partial charge >= 0.3 is 0 Å². The number of benzene rings is 2. The molecule has 1 aliphatic rings. The molecule has 3 rings (SSSR count). The number of nitrogens with one attached hydrogen (secondary N) is 1. The van der Waals surface area contributed by atoms with Gasteiger partial charge in [-0.25, -0.2) is 0 Å². The van der Waals surface area contributed by atoms with Crippen LogP contribution in [0, 0.1) is 0 Å². The van der Waals surface area contributed by atoms with Gasteiger partial charge in [0.2, 0.25) is 11.8 Å². The van der Waals surface area contributed by atoms with Crippen LogP contribution in [0.1, 0.15) is 5.56 Å². The maximum absolute atomic E-state index is 12.3. The third-order valence-corrected chi connectivity index (χ3v) is 4.78. The van der Waals surface area contributed by atoms with E-state index in [1.165, 1.54) is 11.8 Å². The van der Waals surface area contributed by atoms with Crippen molar-refractivity contribution < 1.29 is 14.3 Å². The van der Waals surface area contributed by atoms with Crippen molar-refractivity contribution in [2.24, 2.45) is 0 Å². The van der Waals surface area contributed by atoms with Gasteiger partial charge in [0.25, 0.3) is 0 Å². The molecule has 0 saturated carbocycles. The zero-order valence-electron chi connectivity index (χ0n) is 13.3. The molecule has 0 bridgehead atoms. The van der Waals surface area contributed by atoms with Crippen LogP contribution in [0.15, 0.2) is 53.4 Å². The molecule has 5 nitrogen and oxygen atoms in total. The number of para-hydroxylation sites is 1. The normalized spacial score (nSPS) is 13.4. The van der Waals surface area contributed by atoms with E-state index in [0.717, 1.165) is 21.9 Å². The van der Waals surface area contributed by atoms with Crippen molar-refractivity contribution in [3.05, 3.63) is 54.1 Å². The maximum Gasteiger partial charge on any atom is 0.240 e. The molecule has 0 radical (unpaired) electrons. The van der Waals surface area contributed by atoms with Crippen LogP contribution < -0.4 is 15.0 Å². The van der Waals surface area contributed by atoms with Crippen molar-refractivity contribution >= 4 is 29.3 Å². The van der Waals surface area contributed by atoms with Crippen molar-refractivity contribution in [3.8, 4) is 5.75 Å². The maximum atomic E-state index is 12.3. The van der Waals surface area contributed by atoms with Gasteiger partial charge in [0.1, 0.15) is 12.3 Å². The predicted molar refractivity (Wildman–Crippen MR) is 94.4 cm³/mol. The lowest BCUT2D eigenvalue weighted by atomic mass is 10.2. The molecule has 0 aromatic heterocycles. The van der Waals surface area contributed by atoms with Gasteiger partial charge in [-0.05, 0) is 29.8 Å². The number of carbonyl (C=O) groups excluding carboxylic acids is 2. The SMILES string of the molecule is COc1cccc(CNC(=O)CN2C(=O)CSc3ccccc32)c1. The Morgan fingerprint density at radius 1 is 1.25 bits per heavy atom. The Morgan fingerprint density at radius 2 is 2.08 bits per heavy atom. The van der Waals surface area contributed by atoms with E-state index in [1.54, 1.807) is 12.0 Å². The molecule has 1 heterocycles. The summed E-state index contributed by atoms with van der Waals surface area (Å²) in [6.45, 7) is 0.425. The van der Waals surface area contributed by atoms with Crippen molar-refractivity contribution in [1.29, 1.82) is 0 Å². The smallest absolute Gasteiger partial charge is 0.240 e. The van der Waals surface area contributed by atoms with E-state index >= 15 is 0 Å². The van der Waals surface area contributed by atoms with Crippen molar-refractivity contribution in [2.45, 2.75) is 11.4 Å². The summed E-state index contributed by atoms with van der Waals surface area (Å²) in [6.07, 6.45) is 0. The van der Waals surface area contributed by atoms with Crippen LogP contribution in [0.3, 0.4) is 0 Å². The van der Waals surface area contributed by atoms with Gasteiger partial charge in [0.05, 0.1) is 18.6 Å². The minimum Gasteiger partial charge on any atom is -0.497 e. The summed E-state index contributed by atoms with van der Waals surface area (Å²) in [5.74, 6) is 0.877. The fourth-order valence-electron chi connectivity index (χ4n) is 2.51. The van der Waals surface area contributed by atoms with E-state index < -0.39 is 0 Å².